The van der Waals surface area contributed by atoms with Crippen LogP contribution in [-0.4, -0.2) is 37.7 Å². The number of hydrogen-bond acceptors (Lipinski definition) is 5. The van der Waals surface area contributed by atoms with Crippen LogP contribution in [-0.2, 0) is 12.7 Å². The lowest BCUT2D eigenvalue weighted by molar-refractivity contribution is -0.140. The van der Waals surface area contributed by atoms with Crippen molar-refractivity contribution in [3.63, 3.8) is 0 Å². The molecule has 6 nitrogen and oxygen atoms in total. The third-order valence-corrected chi connectivity index (χ3v) is 4.26. The van der Waals surface area contributed by atoms with Crippen molar-refractivity contribution < 1.29 is 22.6 Å². The number of hydrogen-bond donors (Lipinski definition) is 2. The van der Waals surface area contributed by atoms with Gasteiger partial charge in [0.1, 0.15) is 22.6 Å². The fourth-order valence-corrected chi connectivity index (χ4v) is 2.83. The van der Waals surface area contributed by atoms with Crippen LogP contribution >= 0.6 is 11.3 Å². The van der Waals surface area contributed by atoms with Gasteiger partial charge in [0.25, 0.3) is 0 Å². The number of nitrogens with one attached hydrogen (secondary N) is 2. The van der Waals surface area contributed by atoms with Gasteiger partial charge in [-0.2, -0.15) is 13.2 Å². The number of methoxy groups -OCH3 is 1. The Morgan fingerprint density at radius 1 is 1.30 bits per heavy atom. The Morgan fingerprint density at radius 3 is 2.67 bits per heavy atom. The van der Waals surface area contributed by atoms with E-state index >= 15 is 0 Å². The van der Waals surface area contributed by atoms with Crippen LogP contribution in [0, 0.1) is 0 Å². The van der Waals surface area contributed by atoms with Gasteiger partial charge in [0, 0.05) is 18.5 Å². The van der Waals surface area contributed by atoms with E-state index in [1.165, 1.54) is 0 Å². The number of aliphatic imine (C=N–C) groups is 1. The molecule has 0 radical (unpaired) electrons. The van der Waals surface area contributed by atoms with Crippen LogP contribution in [0.3, 0.4) is 0 Å². The minimum absolute atomic E-state index is 0.144. The number of aromatic nitrogens is 1. The molecule has 2 aromatic rings. The molecule has 0 spiro atoms. The maximum atomic E-state index is 12.6. The minimum Gasteiger partial charge on any atom is -0.497 e. The summed E-state index contributed by atoms with van der Waals surface area (Å²) in [6, 6.07) is 7.26. The van der Waals surface area contributed by atoms with E-state index in [2.05, 4.69) is 20.6 Å². The molecule has 2 rings (SSSR count). The quantitative estimate of drug-likeness (QED) is 0.550. The van der Waals surface area contributed by atoms with Gasteiger partial charge in [-0.25, -0.2) is 4.98 Å². The second-order valence-electron chi connectivity index (χ2n) is 5.54. The number of halogens is 3. The molecule has 0 aliphatic carbocycles. The molecule has 10 heteroatoms. The third-order valence-electron chi connectivity index (χ3n) is 3.41. The van der Waals surface area contributed by atoms with E-state index < -0.39 is 11.9 Å². The summed E-state index contributed by atoms with van der Waals surface area (Å²) in [5.74, 6) is 1.82. The van der Waals surface area contributed by atoms with Gasteiger partial charge in [-0.1, -0.05) is 6.07 Å². The van der Waals surface area contributed by atoms with Gasteiger partial charge in [0.15, 0.2) is 11.7 Å². The number of ether oxygens (including phenoxy) is 2. The number of benzene rings is 1. The summed E-state index contributed by atoms with van der Waals surface area (Å²) in [6.45, 7) is 2.48. The average molecular weight is 402 g/mol. The lowest BCUT2D eigenvalue weighted by Crippen LogP contribution is -2.41. The van der Waals surface area contributed by atoms with Crippen LogP contribution in [0.5, 0.6) is 11.5 Å². The number of guanidine groups is 1. The smallest absolute Gasteiger partial charge is 0.434 e. The zero-order valence-electron chi connectivity index (χ0n) is 15.1. The molecule has 0 aliphatic rings. The van der Waals surface area contributed by atoms with Crippen LogP contribution in [0.4, 0.5) is 13.2 Å². The van der Waals surface area contributed by atoms with Gasteiger partial charge in [0.05, 0.1) is 20.2 Å². The lowest BCUT2D eigenvalue weighted by atomic mass is 10.3. The summed E-state index contributed by atoms with van der Waals surface area (Å²) in [6.07, 6.45) is -4.60. The topological polar surface area (TPSA) is 67.8 Å². The predicted molar refractivity (Wildman–Crippen MR) is 98.4 cm³/mol. The summed E-state index contributed by atoms with van der Waals surface area (Å²) in [5, 5.41) is 7.32. The fraction of sp³-hybridized carbons (Fsp3) is 0.412. The average Bonchev–Trinajstić information content (AvgIpc) is 3.11. The van der Waals surface area contributed by atoms with E-state index in [1.54, 1.807) is 20.2 Å². The Labute approximate surface area is 159 Å². The third kappa shape index (κ3) is 6.63. The molecule has 0 fully saturated rings. The molecular formula is C17H21F3N4O2S. The van der Waals surface area contributed by atoms with Gasteiger partial charge in [0.2, 0.25) is 0 Å². The molecule has 1 unspecified atom stereocenters. The highest BCUT2D eigenvalue weighted by atomic mass is 32.1. The van der Waals surface area contributed by atoms with Gasteiger partial charge in [-0.3, -0.25) is 4.99 Å². The highest BCUT2D eigenvalue weighted by Gasteiger charge is 2.33. The van der Waals surface area contributed by atoms with Crippen molar-refractivity contribution in [3.05, 3.63) is 40.3 Å². The summed E-state index contributed by atoms with van der Waals surface area (Å²) in [7, 11) is 3.16. The van der Waals surface area contributed by atoms with E-state index in [1.807, 2.05) is 25.1 Å². The summed E-state index contributed by atoms with van der Waals surface area (Å²) in [4.78, 5) is 7.61. The standard InChI is InChI=1S/C17H21F3N4O2S/c1-11(26-13-6-4-5-12(7-13)25-3)8-22-16(21-2)23-9-15-24-14(10-27-15)17(18,19)20/h4-7,10-11H,8-9H2,1-3H3,(H2,21,22,23). The van der Waals surface area contributed by atoms with E-state index in [0.29, 0.717) is 29.0 Å². The highest BCUT2D eigenvalue weighted by molar-refractivity contribution is 7.09. The largest absolute Gasteiger partial charge is 0.497 e. The van der Waals surface area contributed by atoms with Crippen molar-refractivity contribution in [1.82, 2.24) is 15.6 Å². The first kappa shape index (κ1) is 20.8. The van der Waals surface area contributed by atoms with Crippen LogP contribution in [0.25, 0.3) is 0 Å². The number of thiazole rings is 1. The van der Waals surface area contributed by atoms with Crippen LogP contribution in [0.2, 0.25) is 0 Å². The molecule has 0 amide bonds. The highest BCUT2D eigenvalue weighted by Crippen LogP contribution is 2.29. The maximum absolute atomic E-state index is 12.6. The molecule has 0 bridgehead atoms. The summed E-state index contributed by atoms with van der Waals surface area (Å²) < 4.78 is 48.6. The van der Waals surface area contributed by atoms with Crippen molar-refractivity contribution in [3.8, 4) is 11.5 Å². The molecule has 27 heavy (non-hydrogen) atoms. The summed E-state index contributed by atoms with van der Waals surface area (Å²) >= 11 is 0.946. The Hall–Kier alpha value is -2.49. The molecule has 1 aromatic carbocycles. The maximum Gasteiger partial charge on any atom is 0.434 e. The molecule has 1 aromatic heterocycles. The second kappa shape index (κ2) is 9.45. The lowest BCUT2D eigenvalue weighted by Gasteiger charge is -2.17. The first-order valence-electron chi connectivity index (χ1n) is 8.08. The van der Waals surface area contributed by atoms with Crippen LogP contribution in [0.15, 0.2) is 34.6 Å². The first-order chi connectivity index (χ1) is 12.8. The fourth-order valence-electron chi connectivity index (χ4n) is 2.09. The van der Waals surface area contributed by atoms with E-state index in [4.69, 9.17) is 9.47 Å². The van der Waals surface area contributed by atoms with Gasteiger partial charge in [-0.15, -0.1) is 11.3 Å². The van der Waals surface area contributed by atoms with Crippen LogP contribution in [0.1, 0.15) is 17.6 Å². The predicted octanol–water partition coefficient (Wildman–Crippen LogP) is 3.30. The zero-order chi connectivity index (χ0) is 19.9. The van der Waals surface area contributed by atoms with Crippen LogP contribution < -0.4 is 20.1 Å². The Morgan fingerprint density at radius 2 is 2.04 bits per heavy atom. The SMILES string of the molecule is CN=C(NCc1nc(C(F)(F)F)cs1)NCC(C)Oc1cccc(OC)c1. The minimum atomic E-state index is -4.43. The van der Waals surface area contributed by atoms with Gasteiger partial charge < -0.3 is 20.1 Å². The van der Waals surface area contributed by atoms with Crippen molar-refractivity contribution >= 4 is 17.3 Å². The Kier molecular flexibility index (Phi) is 7.28. The Bertz CT molecular complexity index is 765. The zero-order valence-corrected chi connectivity index (χ0v) is 15.9. The molecule has 1 atom stereocenters. The number of nitrogens with zero attached hydrogens (tertiary/aromatic N) is 2. The van der Waals surface area contributed by atoms with Crippen molar-refractivity contribution in [2.45, 2.75) is 25.7 Å². The molecule has 148 valence electrons. The number of alkyl halides is 3. The van der Waals surface area contributed by atoms with Crippen molar-refractivity contribution in [2.24, 2.45) is 4.99 Å². The Balaban J connectivity index is 1.80. The molecule has 0 aliphatic heterocycles. The molecule has 0 saturated heterocycles. The normalized spacial score (nSPS) is 13.2. The van der Waals surface area contributed by atoms with Gasteiger partial charge in [-0.05, 0) is 19.1 Å². The van der Waals surface area contributed by atoms with Crippen molar-refractivity contribution in [2.75, 3.05) is 20.7 Å². The summed E-state index contributed by atoms with van der Waals surface area (Å²) in [5.41, 5.74) is -0.882. The second-order valence-corrected chi connectivity index (χ2v) is 6.48. The van der Waals surface area contributed by atoms with Gasteiger partial charge >= 0.3 is 6.18 Å². The molecule has 1 heterocycles. The molecule has 0 saturated carbocycles. The molecular weight excluding hydrogens is 381 g/mol. The monoisotopic (exact) mass is 402 g/mol. The van der Waals surface area contributed by atoms with E-state index in [-0.39, 0.29) is 12.6 Å². The van der Waals surface area contributed by atoms with E-state index in [0.717, 1.165) is 16.7 Å². The first-order valence-corrected chi connectivity index (χ1v) is 8.96. The van der Waals surface area contributed by atoms with Crippen molar-refractivity contribution in [1.29, 1.82) is 0 Å². The number of rotatable bonds is 7. The molecule has 2 N–H and O–H groups in total. The van der Waals surface area contributed by atoms with E-state index in [9.17, 15) is 13.2 Å².